The molecule has 1 aliphatic carbocycles. The summed E-state index contributed by atoms with van der Waals surface area (Å²) in [6.07, 6.45) is 4.27. The Bertz CT molecular complexity index is 645. The van der Waals surface area contributed by atoms with Gasteiger partial charge in [-0.2, -0.15) is 0 Å². The van der Waals surface area contributed by atoms with Gasteiger partial charge in [0.05, 0.1) is 5.54 Å². The predicted octanol–water partition coefficient (Wildman–Crippen LogP) is -6.56. The molecule has 0 radical (unpaired) electrons. The number of nitrogens with two attached hydrogens (primary N) is 1. The molecule has 1 aromatic rings. The van der Waals surface area contributed by atoms with Crippen molar-refractivity contribution < 1.29 is 4.79 Å². The fourth-order valence-electron chi connectivity index (χ4n) is 3.28. The fraction of sp³-hybridized carbons (Fsp3) is 0.250. The van der Waals surface area contributed by atoms with Gasteiger partial charge >= 0.3 is 0 Å². The molecule has 1 aromatic carbocycles. The SMILES string of the molecule is Bc1c(B)c(B)c(C2(N)C(=O)C=CCC2(B)B)c(Cl)c1B. The first kappa shape index (κ1) is 16.6. The highest BCUT2D eigenvalue weighted by molar-refractivity contribution is 6.66. The molecule has 9 heteroatoms. The van der Waals surface area contributed by atoms with Crippen molar-refractivity contribution in [2.24, 2.45) is 5.73 Å². The van der Waals surface area contributed by atoms with Gasteiger partial charge in [0.15, 0.2) is 5.78 Å². The Morgan fingerprint density at radius 2 is 1.57 bits per heavy atom. The van der Waals surface area contributed by atoms with Crippen molar-refractivity contribution in [1.29, 1.82) is 0 Å². The van der Waals surface area contributed by atoms with E-state index in [1.807, 2.05) is 37.5 Å². The first-order valence-corrected chi connectivity index (χ1v) is 7.69. The number of hydrogen-bond acceptors (Lipinski definition) is 2. The van der Waals surface area contributed by atoms with Gasteiger partial charge in [0.2, 0.25) is 0 Å². The van der Waals surface area contributed by atoms with Crippen LogP contribution in [0.2, 0.25) is 10.2 Å². The van der Waals surface area contributed by atoms with Crippen LogP contribution < -0.4 is 27.6 Å². The fourth-order valence-corrected chi connectivity index (χ4v) is 3.72. The topological polar surface area (TPSA) is 43.1 Å². The Balaban J connectivity index is 2.89. The molecule has 2 nitrogen and oxygen atoms in total. The second-order valence-electron chi connectivity index (χ2n) is 6.85. The lowest BCUT2D eigenvalue weighted by Crippen LogP contribution is -2.62. The van der Waals surface area contributed by atoms with Crippen LogP contribution in [0.4, 0.5) is 0 Å². The first-order chi connectivity index (χ1) is 9.55. The summed E-state index contributed by atoms with van der Waals surface area (Å²) in [5, 5.41) is 0.260. The van der Waals surface area contributed by atoms with Crippen LogP contribution in [0, 0.1) is 0 Å². The molecule has 1 unspecified atom stereocenters. The molecule has 1 atom stereocenters. The summed E-state index contributed by atoms with van der Waals surface area (Å²) in [7, 11) is 12.2. The molecule has 0 fully saturated rings. The third kappa shape index (κ3) is 2.19. The van der Waals surface area contributed by atoms with Crippen molar-refractivity contribution in [1.82, 2.24) is 0 Å². The summed E-state index contributed by atoms with van der Waals surface area (Å²) >= 11 is 6.64. The molecule has 21 heavy (non-hydrogen) atoms. The molecule has 0 aliphatic heterocycles. The smallest absolute Gasteiger partial charge is 0.178 e. The molecule has 0 saturated heterocycles. The zero-order valence-electron chi connectivity index (χ0n) is 13.7. The summed E-state index contributed by atoms with van der Waals surface area (Å²) in [5.74, 6) is -0.0635. The van der Waals surface area contributed by atoms with Gasteiger partial charge in [-0.3, -0.25) is 4.79 Å². The van der Waals surface area contributed by atoms with Crippen molar-refractivity contribution >= 4 is 86.3 Å². The first-order valence-electron chi connectivity index (χ1n) is 7.32. The Morgan fingerprint density at radius 3 is 2.10 bits per heavy atom. The highest BCUT2D eigenvalue weighted by Crippen LogP contribution is 2.46. The molecule has 102 valence electrons. The monoisotopic (exact) mass is 293 g/mol. The Morgan fingerprint density at radius 1 is 1.05 bits per heavy atom. The number of halogens is 1. The lowest BCUT2D eigenvalue weighted by Gasteiger charge is -2.46. The quantitative estimate of drug-likeness (QED) is 0.523. The summed E-state index contributed by atoms with van der Waals surface area (Å²) < 4.78 is 0. The number of ketones is 1. The van der Waals surface area contributed by atoms with E-state index >= 15 is 0 Å². The van der Waals surface area contributed by atoms with E-state index < -0.39 is 5.54 Å². The largest absolute Gasteiger partial charge is 0.316 e. The van der Waals surface area contributed by atoms with Crippen molar-refractivity contribution in [2.75, 3.05) is 0 Å². The molecular weight excluding hydrogens is 274 g/mol. The van der Waals surface area contributed by atoms with Crippen molar-refractivity contribution in [2.45, 2.75) is 17.2 Å². The van der Waals surface area contributed by atoms with Crippen LogP contribution >= 0.6 is 11.6 Å². The van der Waals surface area contributed by atoms with E-state index in [1.54, 1.807) is 6.08 Å². The number of benzene rings is 1. The maximum atomic E-state index is 12.7. The molecule has 1 aliphatic rings. The van der Waals surface area contributed by atoms with Crippen LogP contribution in [0.15, 0.2) is 12.2 Å². The van der Waals surface area contributed by atoms with Crippen LogP contribution in [0.5, 0.6) is 0 Å². The van der Waals surface area contributed by atoms with E-state index in [0.717, 1.165) is 28.4 Å². The molecule has 0 amide bonds. The maximum Gasteiger partial charge on any atom is 0.178 e. The van der Waals surface area contributed by atoms with Gasteiger partial charge in [0.1, 0.15) is 47.1 Å². The summed E-state index contributed by atoms with van der Waals surface area (Å²) in [6.45, 7) is 0. The minimum atomic E-state index is -1.08. The molecule has 0 saturated carbocycles. The van der Waals surface area contributed by atoms with Crippen LogP contribution in [0.3, 0.4) is 0 Å². The van der Waals surface area contributed by atoms with Crippen LogP contribution in [-0.2, 0) is 10.3 Å². The van der Waals surface area contributed by atoms with Gasteiger partial charge in [0.25, 0.3) is 0 Å². The number of carbonyl (C=O) groups is 1. The van der Waals surface area contributed by atoms with Gasteiger partial charge in [-0.1, -0.05) is 33.8 Å². The number of hydrogen-bond donors (Lipinski definition) is 1. The van der Waals surface area contributed by atoms with E-state index in [0.29, 0.717) is 5.02 Å². The van der Waals surface area contributed by atoms with E-state index in [1.165, 1.54) is 5.46 Å². The second kappa shape index (κ2) is 5.17. The van der Waals surface area contributed by atoms with Gasteiger partial charge in [-0.25, -0.2) is 0 Å². The predicted molar refractivity (Wildman–Crippen MR) is 109 cm³/mol. The average molecular weight is 293 g/mol. The van der Waals surface area contributed by atoms with Gasteiger partial charge in [-0.05, 0) is 18.1 Å². The highest BCUT2D eigenvalue weighted by Gasteiger charge is 2.50. The van der Waals surface area contributed by atoms with Crippen molar-refractivity contribution in [3.8, 4) is 0 Å². The van der Waals surface area contributed by atoms with Gasteiger partial charge < -0.3 is 5.73 Å². The molecule has 0 spiro atoms. The van der Waals surface area contributed by atoms with Crippen LogP contribution in [0.1, 0.15) is 12.0 Å². The molecule has 0 bridgehead atoms. The minimum absolute atomic E-state index is 0.0635. The van der Waals surface area contributed by atoms with E-state index in [4.69, 9.17) is 17.3 Å². The summed E-state index contributed by atoms with van der Waals surface area (Å²) in [4.78, 5) is 12.7. The van der Waals surface area contributed by atoms with Gasteiger partial charge in [0, 0.05) is 5.02 Å². The Hall–Kier alpha value is -0.730. The Kier molecular flexibility index (Phi) is 4.10. The minimum Gasteiger partial charge on any atom is -0.316 e. The van der Waals surface area contributed by atoms with Gasteiger partial charge in [-0.15, -0.1) is 10.9 Å². The highest BCUT2D eigenvalue weighted by atomic mass is 35.5. The Labute approximate surface area is 137 Å². The van der Waals surface area contributed by atoms with Crippen LogP contribution in [0.25, 0.3) is 0 Å². The molecule has 2 rings (SSSR count). The molecule has 0 heterocycles. The number of allylic oxidation sites excluding steroid dienone is 1. The third-order valence-electron chi connectivity index (χ3n) is 5.36. The molecular formula is C12H18B6ClNO. The lowest BCUT2D eigenvalue weighted by atomic mass is 9.39. The third-order valence-corrected chi connectivity index (χ3v) is 5.83. The summed E-state index contributed by atoms with van der Waals surface area (Å²) in [6, 6.07) is 0. The lowest BCUT2D eigenvalue weighted by molar-refractivity contribution is -0.120. The second-order valence-corrected chi connectivity index (χ2v) is 7.23. The average Bonchev–Trinajstić information content (AvgIpc) is 2.41. The molecule has 0 aromatic heterocycles. The number of rotatable bonds is 1. The maximum absolute atomic E-state index is 12.7. The zero-order valence-corrected chi connectivity index (χ0v) is 14.5. The van der Waals surface area contributed by atoms with E-state index in [9.17, 15) is 4.79 Å². The van der Waals surface area contributed by atoms with Crippen molar-refractivity contribution in [3.05, 3.63) is 22.7 Å². The number of carbonyl (C=O) groups excluding carboxylic acids is 1. The zero-order chi connectivity index (χ0) is 16.2. The van der Waals surface area contributed by atoms with E-state index in [2.05, 4.69) is 15.7 Å². The normalized spacial score (nSPS) is 24.2. The van der Waals surface area contributed by atoms with Crippen LogP contribution in [-0.4, -0.2) is 52.9 Å². The summed E-state index contributed by atoms with van der Waals surface area (Å²) in [5.41, 5.74) is 10.8. The standard InChI is InChI=1S/C12H18B6ClNO/c13-6-5(10(19)9(16)8(15)7(6)14)12(20)4(21)2-1-3-11(12,17)18/h1-2H,3,13-18,20H2. The molecule has 2 N–H and O–H groups in total. The van der Waals surface area contributed by atoms with Crippen molar-refractivity contribution in [3.63, 3.8) is 0 Å². The van der Waals surface area contributed by atoms with E-state index in [-0.39, 0.29) is 11.0 Å².